The minimum atomic E-state index is 0.398. The number of nitrogens with two attached hydrogens (primary N) is 1. The summed E-state index contributed by atoms with van der Waals surface area (Å²) in [5.74, 6) is 1.75. The summed E-state index contributed by atoms with van der Waals surface area (Å²) in [7, 11) is 0. The fraction of sp³-hybridized carbons (Fsp3) is 0.789. The maximum atomic E-state index is 6.23. The van der Waals surface area contributed by atoms with Crippen LogP contribution in [-0.2, 0) is 0 Å². The van der Waals surface area contributed by atoms with Crippen molar-refractivity contribution in [3.05, 3.63) is 23.3 Å². The average molecular weight is 271 g/mol. The largest absolute Gasteiger partial charge is 0.330 e. The molecular formula is C19H29N. The Bertz CT molecular complexity index is 474. The van der Waals surface area contributed by atoms with Gasteiger partial charge in [-0.3, -0.25) is 0 Å². The van der Waals surface area contributed by atoms with Crippen LogP contribution in [0.15, 0.2) is 23.3 Å². The summed E-state index contributed by atoms with van der Waals surface area (Å²) in [6, 6.07) is 0. The molecule has 1 unspecified atom stereocenters. The lowest BCUT2D eigenvalue weighted by atomic mass is 9.53. The minimum Gasteiger partial charge on any atom is -0.330 e. The third kappa shape index (κ3) is 1.59. The van der Waals surface area contributed by atoms with Crippen molar-refractivity contribution in [1.29, 1.82) is 0 Å². The molecule has 0 aromatic carbocycles. The normalized spacial score (nSPS) is 46.9. The molecule has 1 saturated carbocycles. The Labute approximate surface area is 123 Å². The van der Waals surface area contributed by atoms with Crippen LogP contribution in [0.2, 0.25) is 0 Å². The van der Waals surface area contributed by atoms with Gasteiger partial charge >= 0.3 is 0 Å². The van der Waals surface area contributed by atoms with Gasteiger partial charge < -0.3 is 5.73 Å². The van der Waals surface area contributed by atoms with Crippen molar-refractivity contribution in [2.24, 2.45) is 28.4 Å². The maximum absolute atomic E-state index is 6.23. The van der Waals surface area contributed by atoms with Gasteiger partial charge in [0.1, 0.15) is 0 Å². The SMILES string of the molecule is C[C@]12C=CCCC1CCC1=C2CC[C@]2(CN)CCC[C@@H]12. The fourth-order valence-electron chi connectivity index (χ4n) is 6.20. The number of hydrogen-bond donors (Lipinski definition) is 1. The molecule has 0 radical (unpaired) electrons. The second kappa shape index (κ2) is 4.47. The molecule has 0 amide bonds. The molecule has 1 nitrogen and oxygen atoms in total. The third-order valence-electron chi connectivity index (χ3n) is 7.40. The van der Waals surface area contributed by atoms with Crippen molar-refractivity contribution < 1.29 is 0 Å². The summed E-state index contributed by atoms with van der Waals surface area (Å²) in [4.78, 5) is 0. The molecule has 20 heavy (non-hydrogen) atoms. The zero-order valence-corrected chi connectivity index (χ0v) is 13.0. The van der Waals surface area contributed by atoms with Crippen LogP contribution in [0.3, 0.4) is 0 Å². The van der Waals surface area contributed by atoms with Crippen LogP contribution in [-0.4, -0.2) is 6.54 Å². The van der Waals surface area contributed by atoms with Crippen LogP contribution in [0.5, 0.6) is 0 Å². The Morgan fingerprint density at radius 3 is 2.95 bits per heavy atom. The van der Waals surface area contributed by atoms with Gasteiger partial charge in [0, 0.05) is 5.41 Å². The lowest BCUT2D eigenvalue weighted by Gasteiger charge is -2.52. The van der Waals surface area contributed by atoms with Crippen molar-refractivity contribution in [2.45, 2.75) is 64.7 Å². The number of rotatable bonds is 1. The first-order chi connectivity index (χ1) is 9.70. The van der Waals surface area contributed by atoms with Crippen molar-refractivity contribution >= 4 is 0 Å². The topological polar surface area (TPSA) is 26.0 Å². The Hall–Kier alpha value is -0.560. The smallest absolute Gasteiger partial charge is 0.00936 e. The molecule has 4 rings (SSSR count). The summed E-state index contributed by atoms with van der Waals surface area (Å²) in [6.45, 7) is 3.46. The monoisotopic (exact) mass is 271 g/mol. The summed E-state index contributed by atoms with van der Waals surface area (Å²) < 4.78 is 0. The quantitative estimate of drug-likeness (QED) is 0.694. The highest BCUT2D eigenvalue weighted by atomic mass is 14.7. The Morgan fingerprint density at radius 1 is 1.20 bits per heavy atom. The first-order valence-corrected chi connectivity index (χ1v) is 8.80. The standard InChI is InChI=1S/C19H29N/c1-18-10-3-2-5-14(18)7-8-15-16(18)9-12-19(13-20)11-4-6-17(15)19/h3,10,14,17H,2,4-9,11-13,20H2,1H3/t14?,17-,18-,19-/m0/s1. The Balaban J connectivity index is 1.79. The van der Waals surface area contributed by atoms with Gasteiger partial charge in [0.25, 0.3) is 0 Å². The van der Waals surface area contributed by atoms with E-state index in [9.17, 15) is 0 Å². The van der Waals surface area contributed by atoms with Crippen molar-refractivity contribution in [2.75, 3.05) is 6.54 Å². The van der Waals surface area contributed by atoms with Crippen LogP contribution in [0.25, 0.3) is 0 Å². The molecular weight excluding hydrogens is 242 g/mol. The highest BCUT2D eigenvalue weighted by Crippen LogP contribution is 2.62. The first-order valence-electron chi connectivity index (χ1n) is 8.80. The molecule has 0 saturated heterocycles. The molecule has 1 heteroatoms. The number of hydrogen-bond acceptors (Lipinski definition) is 1. The Morgan fingerprint density at radius 2 is 2.10 bits per heavy atom. The van der Waals surface area contributed by atoms with E-state index in [1.807, 2.05) is 11.1 Å². The highest BCUT2D eigenvalue weighted by molar-refractivity contribution is 5.37. The summed E-state index contributed by atoms with van der Waals surface area (Å²) >= 11 is 0. The molecule has 0 spiro atoms. The van der Waals surface area contributed by atoms with Gasteiger partial charge in [-0.25, -0.2) is 0 Å². The van der Waals surface area contributed by atoms with E-state index in [0.29, 0.717) is 10.8 Å². The molecule has 4 aliphatic carbocycles. The average Bonchev–Trinajstić information content (AvgIpc) is 2.91. The van der Waals surface area contributed by atoms with Crippen molar-refractivity contribution in [3.63, 3.8) is 0 Å². The van der Waals surface area contributed by atoms with E-state index < -0.39 is 0 Å². The zero-order chi connectivity index (χ0) is 13.8. The van der Waals surface area contributed by atoms with Crippen LogP contribution in [0.1, 0.15) is 64.7 Å². The van der Waals surface area contributed by atoms with E-state index in [2.05, 4.69) is 19.1 Å². The summed E-state index contributed by atoms with van der Waals surface area (Å²) in [5, 5.41) is 0. The molecule has 0 aromatic heterocycles. The van der Waals surface area contributed by atoms with Gasteiger partial charge in [0.2, 0.25) is 0 Å². The van der Waals surface area contributed by atoms with Gasteiger partial charge in [0.15, 0.2) is 0 Å². The maximum Gasteiger partial charge on any atom is 0.00936 e. The lowest BCUT2D eigenvalue weighted by molar-refractivity contribution is 0.149. The molecule has 2 N–H and O–H groups in total. The molecule has 4 atom stereocenters. The van der Waals surface area contributed by atoms with E-state index in [-0.39, 0.29) is 0 Å². The van der Waals surface area contributed by atoms with Crippen LogP contribution >= 0.6 is 0 Å². The first kappa shape index (κ1) is 13.1. The van der Waals surface area contributed by atoms with Crippen LogP contribution in [0.4, 0.5) is 0 Å². The minimum absolute atomic E-state index is 0.398. The second-order valence-electron chi connectivity index (χ2n) is 8.01. The van der Waals surface area contributed by atoms with E-state index in [1.165, 1.54) is 57.8 Å². The van der Waals surface area contributed by atoms with E-state index in [4.69, 9.17) is 5.73 Å². The van der Waals surface area contributed by atoms with Gasteiger partial charge in [-0.05, 0) is 75.2 Å². The predicted molar refractivity (Wildman–Crippen MR) is 84.3 cm³/mol. The van der Waals surface area contributed by atoms with E-state index in [0.717, 1.165) is 18.4 Å². The van der Waals surface area contributed by atoms with Crippen LogP contribution < -0.4 is 5.73 Å². The van der Waals surface area contributed by atoms with E-state index >= 15 is 0 Å². The predicted octanol–water partition coefficient (Wildman–Crippen LogP) is 4.59. The van der Waals surface area contributed by atoms with Crippen molar-refractivity contribution in [1.82, 2.24) is 0 Å². The van der Waals surface area contributed by atoms with Gasteiger partial charge in [-0.15, -0.1) is 0 Å². The van der Waals surface area contributed by atoms with Gasteiger partial charge in [-0.2, -0.15) is 0 Å². The number of allylic oxidation sites excluding steroid dienone is 4. The van der Waals surface area contributed by atoms with Gasteiger partial charge in [0.05, 0.1) is 0 Å². The van der Waals surface area contributed by atoms with E-state index in [1.54, 1.807) is 0 Å². The molecule has 110 valence electrons. The molecule has 0 bridgehead atoms. The molecule has 0 aliphatic heterocycles. The lowest BCUT2D eigenvalue weighted by Crippen LogP contribution is -2.43. The molecule has 0 aromatic rings. The highest BCUT2D eigenvalue weighted by Gasteiger charge is 2.51. The van der Waals surface area contributed by atoms with Crippen molar-refractivity contribution in [3.8, 4) is 0 Å². The molecule has 4 aliphatic rings. The molecule has 0 heterocycles. The Kier molecular flexibility index (Phi) is 2.93. The van der Waals surface area contributed by atoms with Crippen LogP contribution in [0, 0.1) is 22.7 Å². The summed E-state index contributed by atoms with van der Waals surface area (Å²) in [5.41, 5.74) is 10.8. The zero-order valence-electron chi connectivity index (χ0n) is 13.0. The number of fused-ring (bicyclic) bond motifs is 4. The fourth-order valence-corrected chi connectivity index (χ4v) is 6.20. The molecule has 1 fully saturated rings. The second-order valence-corrected chi connectivity index (χ2v) is 8.01. The van der Waals surface area contributed by atoms with Gasteiger partial charge in [-0.1, -0.05) is 36.6 Å². The third-order valence-corrected chi connectivity index (χ3v) is 7.40. The summed E-state index contributed by atoms with van der Waals surface area (Å²) in [6.07, 6.45) is 17.5.